The number of nitrogens with one attached hydrogen (secondary N) is 1. The second kappa shape index (κ2) is 10.1. The summed E-state index contributed by atoms with van der Waals surface area (Å²) in [6.07, 6.45) is 0. The number of carbonyl (C=O) groups is 1. The molecule has 0 aliphatic heterocycles. The number of carbonyl (C=O) groups excluding carboxylic acids is 1. The lowest BCUT2D eigenvalue weighted by Crippen LogP contribution is -2.18. The van der Waals surface area contributed by atoms with Gasteiger partial charge in [0.25, 0.3) is 0 Å². The molecule has 33 heavy (non-hydrogen) atoms. The van der Waals surface area contributed by atoms with Gasteiger partial charge in [0.15, 0.2) is 9.92 Å². The third-order valence-electron chi connectivity index (χ3n) is 4.96. The van der Waals surface area contributed by atoms with E-state index in [-0.39, 0.29) is 23.0 Å². The monoisotopic (exact) mass is 501 g/mol. The summed E-state index contributed by atoms with van der Waals surface area (Å²) in [5.41, 5.74) is 2.42. The fraction of sp³-hybridized carbons (Fsp3) is 0.522. The minimum atomic E-state index is -3.47. The zero-order valence-electron chi connectivity index (χ0n) is 20.3. The summed E-state index contributed by atoms with van der Waals surface area (Å²) in [5, 5.41) is 8.70. The van der Waals surface area contributed by atoms with Gasteiger partial charge in [-0.1, -0.05) is 48.5 Å². The number of urea groups is 1. The molecule has 1 heterocycles. The summed E-state index contributed by atoms with van der Waals surface area (Å²) < 4.78 is 47.5. The highest BCUT2D eigenvalue weighted by Gasteiger charge is 2.24. The number of aryl methyl sites for hydroxylation is 1. The normalized spacial score (nSPS) is 14.0. The molecule has 0 spiro atoms. The number of rotatable bonds is 6. The summed E-state index contributed by atoms with van der Waals surface area (Å²) in [6, 6.07) is 3.78. The Morgan fingerprint density at radius 2 is 1.64 bits per heavy atom. The van der Waals surface area contributed by atoms with Gasteiger partial charge in [-0.2, -0.15) is 8.78 Å². The average Bonchev–Trinajstić information content (AvgIpc) is 3.04. The number of alkyl halides is 2. The molecule has 184 valence electrons. The molecule has 1 atom stereocenters. The zero-order chi connectivity index (χ0) is 25.3. The first kappa shape index (κ1) is 27.2. The Morgan fingerprint density at radius 1 is 1.12 bits per heavy atom. The van der Waals surface area contributed by atoms with E-state index in [1.54, 1.807) is 6.07 Å². The van der Waals surface area contributed by atoms with E-state index in [0.717, 1.165) is 10.4 Å². The highest BCUT2D eigenvalue weighted by Crippen LogP contribution is 2.38. The van der Waals surface area contributed by atoms with Crippen molar-refractivity contribution in [2.24, 2.45) is 9.50 Å². The van der Waals surface area contributed by atoms with Crippen molar-refractivity contribution in [3.05, 3.63) is 39.8 Å². The zero-order valence-corrected chi connectivity index (χ0v) is 21.9. The van der Waals surface area contributed by atoms with Crippen LogP contribution in [0.3, 0.4) is 0 Å². The molecule has 0 saturated carbocycles. The largest absolute Gasteiger partial charge is 0.435 e. The average molecular weight is 502 g/mol. The predicted octanol–water partition coefficient (Wildman–Crippen LogP) is 7.13. The number of nitrogens with zero attached hydrogens (tertiary/aromatic N) is 1. The molecule has 2 aromatic rings. The molecule has 0 bridgehead atoms. The number of amides is 2. The van der Waals surface area contributed by atoms with Crippen molar-refractivity contribution in [2.75, 3.05) is 5.32 Å². The number of halogens is 2. The van der Waals surface area contributed by atoms with Crippen LogP contribution >= 0.6 is 11.3 Å². The Balaban J connectivity index is 2.51. The van der Waals surface area contributed by atoms with Gasteiger partial charge >= 0.3 is 12.6 Å². The number of benzene rings is 1. The van der Waals surface area contributed by atoms with Crippen molar-refractivity contribution < 1.29 is 22.5 Å². The SMILES string of the molecule is Cc1cc(S(N)(=O)=NC(=O)Nc2c(C(C)C)cc(OC(F)F)cc2C(C)C)sc1C(C)(C)C. The van der Waals surface area contributed by atoms with E-state index < -0.39 is 22.6 Å². The molecule has 2 rings (SSSR count). The highest BCUT2D eigenvalue weighted by molar-refractivity contribution is 7.93. The van der Waals surface area contributed by atoms with Crippen LogP contribution in [0.15, 0.2) is 26.8 Å². The summed E-state index contributed by atoms with van der Waals surface area (Å²) in [7, 11) is -3.47. The maximum Gasteiger partial charge on any atom is 0.387 e. The fourth-order valence-corrected chi connectivity index (χ4v) is 6.05. The van der Waals surface area contributed by atoms with Gasteiger partial charge in [0.05, 0.1) is 0 Å². The number of ether oxygens (including phenoxy) is 1. The first-order valence-corrected chi connectivity index (χ1v) is 13.0. The molecule has 0 radical (unpaired) electrons. The van der Waals surface area contributed by atoms with Crippen LogP contribution in [0.1, 0.15) is 81.9 Å². The third-order valence-corrected chi connectivity index (χ3v) is 8.51. The summed E-state index contributed by atoms with van der Waals surface area (Å²) in [4.78, 5) is 13.8. The Hall–Kier alpha value is -2.04. The molecule has 0 aliphatic rings. The number of anilines is 1. The van der Waals surface area contributed by atoms with Gasteiger partial charge in [0.1, 0.15) is 9.96 Å². The quantitative estimate of drug-likeness (QED) is 0.441. The van der Waals surface area contributed by atoms with Crippen molar-refractivity contribution in [2.45, 2.75) is 83.5 Å². The van der Waals surface area contributed by atoms with E-state index >= 15 is 0 Å². The molecule has 3 N–H and O–H groups in total. The molecule has 0 aliphatic carbocycles. The Bertz CT molecular complexity index is 1110. The number of nitrogens with two attached hydrogens (primary N) is 1. The van der Waals surface area contributed by atoms with Gasteiger partial charge in [-0.05, 0) is 59.1 Å². The first-order valence-electron chi connectivity index (χ1n) is 10.6. The van der Waals surface area contributed by atoms with Gasteiger partial charge in [-0.25, -0.2) is 14.1 Å². The molecule has 0 fully saturated rings. The van der Waals surface area contributed by atoms with Gasteiger partial charge in [0, 0.05) is 10.6 Å². The third kappa shape index (κ3) is 6.74. The van der Waals surface area contributed by atoms with E-state index in [4.69, 9.17) is 5.14 Å². The van der Waals surface area contributed by atoms with Crippen molar-refractivity contribution >= 4 is 33.0 Å². The van der Waals surface area contributed by atoms with Crippen LogP contribution in [0.25, 0.3) is 0 Å². The van der Waals surface area contributed by atoms with Crippen LogP contribution in [-0.4, -0.2) is 16.9 Å². The Labute approximate surface area is 199 Å². The number of thiophene rings is 1. The lowest BCUT2D eigenvalue weighted by molar-refractivity contribution is -0.0499. The topological polar surface area (TPSA) is 93.8 Å². The Kier molecular flexibility index (Phi) is 8.30. The summed E-state index contributed by atoms with van der Waals surface area (Å²) in [5.74, 6) is -0.218. The van der Waals surface area contributed by atoms with Crippen LogP contribution in [0.4, 0.5) is 19.3 Å². The minimum absolute atomic E-state index is 0.0127. The molecular weight excluding hydrogens is 468 g/mol. The minimum Gasteiger partial charge on any atom is -0.435 e. The fourth-order valence-electron chi connectivity index (χ4n) is 3.52. The molecule has 1 aromatic carbocycles. The maximum atomic E-state index is 13.2. The van der Waals surface area contributed by atoms with Crippen LogP contribution < -0.4 is 15.2 Å². The predicted molar refractivity (Wildman–Crippen MR) is 131 cm³/mol. The van der Waals surface area contributed by atoms with Crippen molar-refractivity contribution in [1.29, 1.82) is 0 Å². The van der Waals surface area contributed by atoms with Crippen LogP contribution in [-0.2, 0) is 15.3 Å². The Morgan fingerprint density at radius 3 is 2.03 bits per heavy atom. The van der Waals surface area contributed by atoms with Gasteiger partial charge in [-0.15, -0.1) is 15.7 Å². The second-order valence-electron chi connectivity index (χ2n) is 9.58. The van der Waals surface area contributed by atoms with Crippen LogP contribution in [0, 0.1) is 6.92 Å². The lowest BCUT2D eigenvalue weighted by atomic mass is 9.92. The molecular formula is C23H33F2N3O3S2. The molecule has 10 heteroatoms. The van der Waals surface area contributed by atoms with Gasteiger partial charge in [-0.3, -0.25) is 0 Å². The van der Waals surface area contributed by atoms with Crippen LogP contribution in [0.5, 0.6) is 5.75 Å². The van der Waals surface area contributed by atoms with Crippen molar-refractivity contribution in [1.82, 2.24) is 0 Å². The van der Waals surface area contributed by atoms with Gasteiger partial charge < -0.3 is 10.1 Å². The van der Waals surface area contributed by atoms with Crippen molar-refractivity contribution in [3.63, 3.8) is 0 Å². The molecule has 0 saturated heterocycles. The van der Waals surface area contributed by atoms with E-state index in [1.807, 2.05) is 55.4 Å². The smallest absolute Gasteiger partial charge is 0.387 e. The highest BCUT2D eigenvalue weighted by atomic mass is 32.2. The van der Waals surface area contributed by atoms with E-state index in [0.29, 0.717) is 21.0 Å². The number of hydrogen-bond donors (Lipinski definition) is 2. The summed E-state index contributed by atoms with van der Waals surface area (Å²) in [6.45, 7) is 12.5. The maximum absolute atomic E-state index is 13.2. The van der Waals surface area contributed by atoms with Crippen LogP contribution in [0.2, 0.25) is 0 Å². The van der Waals surface area contributed by atoms with E-state index in [2.05, 4.69) is 14.4 Å². The van der Waals surface area contributed by atoms with E-state index in [1.165, 1.54) is 23.5 Å². The molecule has 1 aromatic heterocycles. The first-order chi connectivity index (χ1) is 15.0. The van der Waals surface area contributed by atoms with Gasteiger partial charge in [0.2, 0.25) is 0 Å². The molecule has 1 unspecified atom stereocenters. The van der Waals surface area contributed by atoms with Crippen molar-refractivity contribution in [3.8, 4) is 5.75 Å². The summed E-state index contributed by atoms with van der Waals surface area (Å²) >= 11 is 1.28. The standard InChI is InChI=1S/C23H33F2N3O3S2/c1-12(2)16-10-15(31-21(24)25)11-17(13(3)4)19(16)27-22(29)28-33(26,30)18-9-14(5)20(32-18)23(6,7)8/h9-13,21H,1-8H3,(H3,26,27,28,29,30). The number of hydrogen-bond acceptors (Lipinski definition) is 4. The lowest BCUT2D eigenvalue weighted by Gasteiger charge is -2.21. The second-order valence-corrected chi connectivity index (χ2v) is 12.7. The molecule has 2 amide bonds. The van der Waals surface area contributed by atoms with E-state index in [9.17, 15) is 17.8 Å². The molecule has 6 nitrogen and oxygen atoms in total.